The van der Waals surface area contributed by atoms with E-state index in [-0.39, 0.29) is 24.0 Å². The molecule has 176 valence electrons. The number of anilines is 1. The summed E-state index contributed by atoms with van der Waals surface area (Å²) in [4.78, 5) is 45.4. The molecule has 0 aliphatic carbocycles. The van der Waals surface area contributed by atoms with Crippen molar-refractivity contribution in [2.45, 2.75) is 25.0 Å². The number of nitrogens with zero attached hydrogens (tertiary/aromatic N) is 3. The lowest BCUT2D eigenvalue weighted by Crippen LogP contribution is -2.52. The Hall–Kier alpha value is -3.65. The van der Waals surface area contributed by atoms with Crippen molar-refractivity contribution in [2.24, 2.45) is 0 Å². The summed E-state index contributed by atoms with van der Waals surface area (Å²) in [6.07, 6.45) is 0.683. The first-order chi connectivity index (χ1) is 16.2. The van der Waals surface area contributed by atoms with Gasteiger partial charge in [0.15, 0.2) is 5.54 Å². The van der Waals surface area contributed by atoms with Gasteiger partial charge in [0.1, 0.15) is 17.6 Å². The smallest absolute Gasteiger partial charge is 0.296 e. The SMILES string of the molecule is C[C@H]1Cc2cc(C(O)=C3C(=O)C(=O)N(CCN(C)C)[C@]34C(=O)N(C)c3ccccc34)ccc2O1. The van der Waals surface area contributed by atoms with Crippen LogP contribution in [0.1, 0.15) is 23.6 Å². The van der Waals surface area contributed by atoms with Crippen LogP contribution in [0.5, 0.6) is 5.75 Å². The van der Waals surface area contributed by atoms with Gasteiger partial charge in [-0.2, -0.15) is 0 Å². The van der Waals surface area contributed by atoms with Crippen LogP contribution in [-0.4, -0.2) is 72.8 Å². The number of Topliss-reactive ketones (excluding diaryl/α,β-unsaturated/α-hetero) is 1. The number of aliphatic hydroxyl groups excluding tert-OH is 1. The molecule has 1 spiro atoms. The third-order valence-electron chi connectivity index (χ3n) is 6.88. The van der Waals surface area contributed by atoms with Crippen molar-refractivity contribution in [3.63, 3.8) is 0 Å². The zero-order chi connectivity index (χ0) is 24.4. The summed E-state index contributed by atoms with van der Waals surface area (Å²) >= 11 is 0. The Bertz CT molecular complexity index is 1270. The lowest BCUT2D eigenvalue weighted by atomic mass is 9.81. The Morgan fingerprint density at radius 3 is 2.65 bits per heavy atom. The number of rotatable bonds is 4. The topological polar surface area (TPSA) is 90.4 Å². The molecule has 1 N–H and O–H groups in total. The number of fused-ring (bicyclic) bond motifs is 3. The van der Waals surface area contributed by atoms with Crippen LogP contribution in [0.4, 0.5) is 5.69 Å². The number of hydrogen-bond donors (Lipinski definition) is 1. The standard InChI is InChI=1S/C26H27N3O5/c1-15-13-17-14-16(9-10-20(17)34-15)22(30)21-23(31)24(32)29(12-11-27(2)3)26(21)18-7-5-6-8-19(18)28(4)25(26)33/h5-10,14-15,30H,11-13H2,1-4H3/t15-,26-/m0/s1. The number of hydrogen-bond acceptors (Lipinski definition) is 6. The molecule has 2 aromatic carbocycles. The molecule has 1 saturated heterocycles. The van der Waals surface area contributed by atoms with E-state index < -0.39 is 23.1 Å². The number of benzene rings is 2. The molecule has 0 radical (unpaired) electrons. The summed E-state index contributed by atoms with van der Waals surface area (Å²) < 4.78 is 5.76. The molecule has 3 aliphatic heterocycles. The third-order valence-corrected chi connectivity index (χ3v) is 6.88. The van der Waals surface area contributed by atoms with Crippen LogP contribution in [0.3, 0.4) is 0 Å². The summed E-state index contributed by atoms with van der Waals surface area (Å²) in [5, 5.41) is 11.5. The second-order valence-electron chi connectivity index (χ2n) is 9.36. The highest BCUT2D eigenvalue weighted by Crippen LogP contribution is 2.53. The summed E-state index contributed by atoms with van der Waals surface area (Å²) in [5.41, 5.74) is 0.489. The molecule has 3 aliphatic rings. The van der Waals surface area contributed by atoms with Gasteiger partial charge in [0, 0.05) is 43.4 Å². The lowest BCUT2D eigenvalue weighted by molar-refractivity contribution is -0.143. The van der Waals surface area contributed by atoms with E-state index in [1.165, 1.54) is 9.80 Å². The van der Waals surface area contributed by atoms with Gasteiger partial charge < -0.3 is 24.5 Å². The number of ketones is 1. The van der Waals surface area contributed by atoms with E-state index in [1.807, 2.05) is 25.9 Å². The lowest BCUT2D eigenvalue weighted by Gasteiger charge is -2.34. The van der Waals surface area contributed by atoms with E-state index >= 15 is 0 Å². The van der Waals surface area contributed by atoms with E-state index in [9.17, 15) is 19.5 Å². The molecule has 2 atom stereocenters. The van der Waals surface area contributed by atoms with Crippen LogP contribution in [0.15, 0.2) is 48.0 Å². The summed E-state index contributed by atoms with van der Waals surface area (Å²) in [6, 6.07) is 12.3. The van der Waals surface area contributed by atoms with Gasteiger partial charge in [-0.25, -0.2) is 0 Å². The number of carbonyl (C=O) groups excluding carboxylic acids is 3. The van der Waals surface area contributed by atoms with Crippen molar-refractivity contribution in [2.75, 3.05) is 39.1 Å². The molecule has 0 aromatic heterocycles. The Morgan fingerprint density at radius 1 is 1.18 bits per heavy atom. The summed E-state index contributed by atoms with van der Waals surface area (Å²) in [7, 11) is 5.33. The van der Waals surface area contributed by atoms with Gasteiger partial charge in [-0.05, 0) is 50.8 Å². The number of para-hydroxylation sites is 1. The third kappa shape index (κ3) is 2.91. The molecule has 34 heavy (non-hydrogen) atoms. The van der Waals surface area contributed by atoms with Gasteiger partial charge in [-0.15, -0.1) is 0 Å². The molecule has 8 heteroatoms. The second-order valence-corrected chi connectivity index (χ2v) is 9.36. The van der Waals surface area contributed by atoms with Gasteiger partial charge in [0.2, 0.25) is 0 Å². The van der Waals surface area contributed by atoms with Crippen molar-refractivity contribution in [1.29, 1.82) is 0 Å². The fraction of sp³-hybridized carbons (Fsp3) is 0.346. The summed E-state index contributed by atoms with van der Waals surface area (Å²) in [5.74, 6) is -1.72. The van der Waals surface area contributed by atoms with Gasteiger partial charge in [-0.1, -0.05) is 18.2 Å². The van der Waals surface area contributed by atoms with Gasteiger partial charge >= 0.3 is 0 Å². The number of carbonyl (C=O) groups is 3. The summed E-state index contributed by atoms with van der Waals surface area (Å²) in [6.45, 7) is 2.55. The minimum atomic E-state index is -1.72. The molecule has 3 heterocycles. The van der Waals surface area contributed by atoms with Crippen molar-refractivity contribution in [3.8, 4) is 5.75 Å². The van der Waals surface area contributed by atoms with Crippen molar-refractivity contribution in [1.82, 2.24) is 9.80 Å². The second kappa shape index (κ2) is 7.70. The first kappa shape index (κ1) is 22.2. The maximum absolute atomic E-state index is 13.9. The van der Waals surface area contributed by atoms with Crippen LogP contribution < -0.4 is 9.64 Å². The van der Waals surface area contributed by atoms with Crippen molar-refractivity contribution in [3.05, 3.63) is 64.7 Å². The van der Waals surface area contributed by atoms with Crippen LogP contribution in [0, 0.1) is 0 Å². The maximum atomic E-state index is 13.9. The number of amides is 2. The fourth-order valence-electron chi connectivity index (χ4n) is 5.28. The first-order valence-corrected chi connectivity index (χ1v) is 11.3. The number of likely N-dealkylation sites (tertiary alicyclic amines) is 1. The van der Waals surface area contributed by atoms with E-state index in [0.717, 1.165) is 11.3 Å². The van der Waals surface area contributed by atoms with E-state index in [2.05, 4.69) is 0 Å². The molecule has 0 unspecified atom stereocenters. The monoisotopic (exact) mass is 461 g/mol. The molecule has 8 nitrogen and oxygen atoms in total. The van der Waals surface area contributed by atoms with Gasteiger partial charge in [-0.3, -0.25) is 14.4 Å². The van der Waals surface area contributed by atoms with E-state index in [0.29, 0.717) is 29.8 Å². The predicted octanol–water partition coefficient (Wildman–Crippen LogP) is 2.12. The highest BCUT2D eigenvalue weighted by atomic mass is 16.5. The Kier molecular flexibility index (Phi) is 5.02. The highest BCUT2D eigenvalue weighted by Gasteiger charge is 2.66. The molecular formula is C26H27N3O5. The Morgan fingerprint density at radius 2 is 1.91 bits per heavy atom. The zero-order valence-electron chi connectivity index (χ0n) is 19.7. The Labute approximate surface area is 198 Å². The molecule has 2 amide bonds. The zero-order valence-corrected chi connectivity index (χ0v) is 19.7. The number of ether oxygens (including phenoxy) is 1. The largest absolute Gasteiger partial charge is 0.507 e. The minimum Gasteiger partial charge on any atom is -0.507 e. The van der Waals surface area contributed by atoms with Crippen LogP contribution in [0.2, 0.25) is 0 Å². The van der Waals surface area contributed by atoms with Crippen LogP contribution in [0.25, 0.3) is 5.76 Å². The minimum absolute atomic E-state index is 0.0135. The van der Waals surface area contributed by atoms with E-state index in [1.54, 1.807) is 49.5 Å². The molecule has 0 bridgehead atoms. The quantitative estimate of drug-likeness (QED) is 0.426. The average Bonchev–Trinajstić information content (AvgIpc) is 3.37. The van der Waals surface area contributed by atoms with Gasteiger partial charge in [0.25, 0.3) is 17.6 Å². The fourth-order valence-corrected chi connectivity index (χ4v) is 5.28. The Balaban J connectivity index is 1.76. The molecular weight excluding hydrogens is 434 g/mol. The first-order valence-electron chi connectivity index (χ1n) is 11.3. The number of aliphatic hydroxyl groups is 1. The van der Waals surface area contributed by atoms with Crippen molar-refractivity contribution >= 4 is 29.0 Å². The predicted molar refractivity (Wildman–Crippen MR) is 127 cm³/mol. The van der Waals surface area contributed by atoms with Crippen LogP contribution >= 0.6 is 0 Å². The highest BCUT2D eigenvalue weighted by molar-refractivity contribution is 6.50. The molecule has 5 rings (SSSR count). The normalized spacial score (nSPS) is 24.9. The molecule has 1 fully saturated rings. The molecule has 0 saturated carbocycles. The van der Waals surface area contributed by atoms with Crippen LogP contribution in [-0.2, 0) is 26.3 Å². The average molecular weight is 462 g/mol. The number of likely N-dealkylation sites (N-methyl/N-ethyl adjacent to an activating group) is 2. The molecule has 2 aromatic rings. The van der Waals surface area contributed by atoms with Gasteiger partial charge in [0.05, 0.1) is 5.57 Å². The maximum Gasteiger partial charge on any atom is 0.296 e. The van der Waals surface area contributed by atoms with E-state index in [4.69, 9.17) is 4.74 Å². The van der Waals surface area contributed by atoms with Crippen molar-refractivity contribution < 1.29 is 24.2 Å².